The first-order valence-electron chi connectivity index (χ1n) is 6.65. The lowest BCUT2D eigenvalue weighted by atomic mass is 10.1. The summed E-state index contributed by atoms with van der Waals surface area (Å²) in [6.07, 6.45) is 0. The first-order chi connectivity index (χ1) is 8.45. The van der Waals surface area contributed by atoms with Gasteiger partial charge in [-0.15, -0.1) is 0 Å². The van der Waals surface area contributed by atoms with Gasteiger partial charge in [-0.2, -0.15) is 0 Å². The molecule has 0 unspecified atom stereocenters. The molecule has 0 aliphatic heterocycles. The number of hydrogen-bond acceptors (Lipinski definition) is 2. The summed E-state index contributed by atoms with van der Waals surface area (Å²) in [5.74, 6) is 0.633. The standard InChI is InChI=1S/C15H25ClN2/c1-11(2)10-18(12(3)4)15-8-14(16)7-6-13(15)9-17-5/h6-8,11-12,17H,9-10H2,1-5H3. The molecule has 0 heterocycles. The van der Waals surface area contributed by atoms with Gasteiger partial charge in [-0.1, -0.05) is 31.5 Å². The van der Waals surface area contributed by atoms with Gasteiger partial charge in [0.2, 0.25) is 0 Å². The molecule has 18 heavy (non-hydrogen) atoms. The topological polar surface area (TPSA) is 15.3 Å². The minimum atomic E-state index is 0.474. The molecule has 0 amide bonds. The van der Waals surface area contributed by atoms with Crippen molar-refractivity contribution in [1.82, 2.24) is 5.32 Å². The molecule has 102 valence electrons. The zero-order valence-electron chi connectivity index (χ0n) is 12.1. The van der Waals surface area contributed by atoms with Crippen LogP contribution in [0.25, 0.3) is 0 Å². The lowest BCUT2D eigenvalue weighted by Gasteiger charge is -2.32. The number of halogens is 1. The molecule has 1 rings (SSSR count). The Labute approximate surface area is 116 Å². The van der Waals surface area contributed by atoms with E-state index in [0.29, 0.717) is 12.0 Å². The minimum Gasteiger partial charge on any atom is -0.369 e. The summed E-state index contributed by atoms with van der Waals surface area (Å²) in [5.41, 5.74) is 2.55. The van der Waals surface area contributed by atoms with Crippen molar-refractivity contribution >= 4 is 17.3 Å². The molecule has 0 atom stereocenters. The maximum Gasteiger partial charge on any atom is 0.0429 e. The number of nitrogens with one attached hydrogen (secondary N) is 1. The molecular formula is C15H25ClN2. The lowest BCUT2D eigenvalue weighted by Crippen LogP contribution is -2.35. The fraction of sp³-hybridized carbons (Fsp3) is 0.600. The molecule has 1 N–H and O–H groups in total. The van der Waals surface area contributed by atoms with Crippen LogP contribution >= 0.6 is 11.6 Å². The Morgan fingerprint density at radius 1 is 1.22 bits per heavy atom. The fourth-order valence-electron chi connectivity index (χ4n) is 2.13. The third-order valence-corrected chi connectivity index (χ3v) is 3.14. The van der Waals surface area contributed by atoms with Gasteiger partial charge >= 0.3 is 0 Å². The quantitative estimate of drug-likeness (QED) is 0.841. The SMILES string of the molecule is CNCc1ccc(Cl)cc1N(CC(C)C)C(C)C. The van der Waals surface area contributed by atoms with Crippen molar-refractivity contribution in [3.8, 4) is 0 Å². The maximum absolute atomic E-state index is 6.16. The largest absolute Gasteiger partial charge is 0.369 e. The van der Waals surface area contributed by atoms with E-state index in [0.717, 1.165) is 18.1 Å². The predicted octanol–water partition coefficient (Wildman–Crippen LogP) is 3.93. The van der Waals surface area contributed by atoms with E-state index in [4.69, 9.17) is 11.6 Å². The molecule has 0 fully saturated rings. The zero-order chi connectivity index (χ0) is 13.7. The van der Waals surface area contributed by atoms with Crippen molar-refractivity contribution in [3.05, 3.63) is 28.8 Å². The van der Waals surface area contributed by atoms with Crippen LogP contribution in [0.3, 0.4) is 0 Å². The Hall–Kier alpha value is -0.730. The average molecular weight is 269 g/mol. The van der Waals surface area contributed by atoms with E-state index in [1.165, 1.54) is 11.3 Å². The molecule has 0 bridgehead atoms. The average Bonchev–Trinajstić information content (AvgIpc) is 2.28. The highest BCUT2D eigenvalue weighted by Gasteiger charge is 2.15. The van der Waals surface area contributed by atoms with Gasteiger partial charge < -0.3 is 10.2 Å². The molecule has 0 spiro atoms. The second-order valence-corrected chi connectivity index (χ2v) is 5.88. The van der Waals surface area contributed by atoms with Crippen molar-refractivity contribution < 1.29 is 0 Å². The van der Waals surface area contributed by atoms with Crippen molar-refractivity contribution in [3.63, 3.8) is 0 Å². The van der Waals surface area contributed by atoms with Gasteiger partial charge in [-0.3, -0.25) is 0 Å². The van der Waals surface area contributed by atoms with Crippen LogP contribution in [0.4, 0.5) is 5.69 Å². The second kappa shape index (κ2) is 7.01. The van der Waals surface area contributed by atoms with Crippen molar-refractivity contribution in [1.29, 1.82) is 0 Å². The van der Waals surface area contributed by atoms with Crippen LogP contribution < -0.4 is 10.2 Å². The zero-order valence-corrected chi connectivity index (χ0v) is 12.9. The Kier molecular flexibility index (Phi) is 5.97. The summed E-state index contributed by atoms with van der Waals surface area (Å²) >= 11 is 6.16. The number of anilines is 1. The highest BCUT2D eigenvalue weighted by molar-refractivity contribution is 6.30. The number of hydrogen-bond donors (Lipinski definition) is 1. The molecule has 2 nitrogen and oxygen atoms in total. The van der Waals surface area contributed by atoms with E-state index in [9.17, 15) is 0 Å². The Bertz CT molecular complexity index is 375. The van der Waals surface area contributed by atoms with E-state index in [1.807, 2.05) is 13.1 Å². The molecule has 0 aromatic heterocycles. The van der Waals surface area contributed by atoms with Crippen LogP contribution in [-0.2, 0) is 6.54 Å². The van der Waals surface area contributed by atoms with Crippen molar-refractivity contribution in [2.24, 2.45) is 5.92 Å². The third-order valence-electron chi connectivity index (χ3n) is 2.91. The van der Waals surface area contributed by atoms with E-state index >= 15 is 0 Å². The van der Waals surface area contributed by atoms with Crippen LogP contribution in [-0.4, -0.2) is 19.6 Å². The minimum absolute atomic E-state index is 0.474. The van der Waals surface area contributed by atoms with Crippen molar-refractivity contribution in [2.75, 3.05) is 18.5 Å². The fourth-order valence-corrected chi connectivity index (χ4v) is 2.29. The second-order valence-electron chi connectivity index (χ2n) is 5.44. The van der Waals surface area contributed by atoms with E-state index in [2.05, 4.69) is 50.0 Å². The van der Waals surface area contributed by atoms with Gasteiger partial charge in [0.05, 0.1) is 0 Å². The van der Waals surface area contributed by atoms with Crippen LogP contribution in [0.2, 0.25) is 5.02 Å². The molecule has 1 aromatic rings. The van der Waals surface area contributed by atoms with Crippen LogP contribution in [0.5, 0.6) is 0 Å². The molecule has 0 saturated heterocycles. The molecule has 0 saturated carbocycles. The normalized spacial score (nSPS) is 11.3. The van der Waals surface area contributed by atoms with Crippen molar-refractivity contribution in [2.45, 2.75) is 40.3 Å². The summed E-state index contributed by atoms with van der Waals surface area (Å²) in [6, 6.07) is 6.63. The number of rotatable bonds is 6. The molecule has 1 aromatic carbocycles. The van der Waals surface area contributed by atoms with Crippen LogP contribution in [0, 0.1) is 5.92 Å². The number of nitrogens with zero attached hydrogens (tertiary/aromatic N) is 1. The Morgan fingerprint density at radius 2 is 1.89 bits per heavy atom. The molecule has 0 aliphatic rings. The summed E-state index contributed by atoms with van der Waals surface area (Å²) < 4.78 is 0. The monoisotopic (exact) mass is 268 g/mol. The highest BCUT2D eigenvalue weighted by Crippen LogP contribution is 2.27. The summed E-state index contributed by atoms with van der Waals surface area (Å²) in [5, 5.41) is 4.03. The molecule has 3 heteroatoms. The summed E-state index contributed by atoms with van der Waals surface area (Å²) in [7, 11) is 1.97. The Balaban J connectivity index is 3.11. The maximum atomic E-state index is 6.16. The van der Waals surface area contributed by atoms with Gasteiger partial charge in [0.1, 0.15) is 0 Å². The first kappa shape index (κ1) is 15.3. The summed E-state index contributed by atoms with van der Waals surface area (Å²) in [6.45, 7) is 10.9. The molecule has 0 aliphatic carbocycles. The van der Waals surface area contributed by atoms with Gasteiger partial charge in [0.15, 0.2) is 0 Å². The molecule has 0 radical (unpaired) electrons. The molecular weight excluding hydrogens is 244 g/mol. The number of benzene rings is 1. The highest BCUT2D eigenvalue weighted by atomic mass is 35.5. The van der Waals surface area contributed by atoms with E-state index < -0.39 is 0 Å². The Morgan fingerprint density at radius 3 is 2.39 bits per heavy atom. The first-order valence-corrected chi connectivity index (χ1v) is 7.03. The van der Waals surface area contributed by atoms with Gasteiger partial charge in [-0.05, 0) is 44.5 Å². The van der Waals surface area contributed by atoms with E-state index in [1.54, 1.807) is 0 Å². The van der Waals surface area contributed by atoms with E-state index in [-0.39, 0.29) is 0 Å². The van der Waals surface area contributed by atoms with Gasteiger partial charge in [-0.25, -0.2) is 0 Å². The van der Waals surface area contributed by atoms with Crippen LogP contribution in [0.1, 0.15) is 33.3 Å². The van der Waals surface area contributed by atoms with Gasteiger partial charge in [0, 0.05) is 29.8 Å². The van der Waals surface area contributed by atoms with Crippen LogP contribution in [0.15, 0.2) is 18.2 Å². The van der Waals surface area contributed by atoms with Gasteiger partial charge in [0.25, 0.3) is 0 Å². The predicted molar refractivity (Wildman–Crippen MR) is 81.5 cm³/mol. The smallest absolute Gasteiger partial charge is 0.0429 e. The third kappa shape index (κ3) is 4.18. The summed E-state index contributed by atoms with van der Waals surface area (Å²) in [4.78, 5) is 2.43. The lowest BCUT2D eigenvalue weighted by molar-refractivity contribution is 0.568.